The first kappa shape index (κ1) is 13.4. The van der Waals surface area contributed by atoms with Crippen molar-refractivity contribution in [2.24, 2.45) is 5.73 Å². The van der Waals surface area contributed by atoms with Crippen LogP contribution in [-0.4, -0.2) is 32.5 Å². The van der Waals surface area contributed by atoms with Crippen LogP contribution in [0, 0.1) is 0 Å². The van der Waals surface area contributed by atoms with E-state index >= 15 is 0 Å². The molecule has 0 fully saturated rings. The van der Waals surface area contributed by atoms with Crippen LogP contribution in [0.3, 0.4) is 0 Å². The topological polar surface area (TPSA) is 105 Å². The van der Waals surface area contributed by atoms with E-state index in [1.165, 1.54) is 0 Å². The predicted octanol–water partition coefficient (Wildman–Crippen LogP) is -0.178. The molecular formula is C14H15N5O2. The van der Waals surface area contributed by atoms with Crippen LogP contribution in [0.5, 0.6) is 0 Å². The summed E-state index contributed by atoms with van der Waals surface area (Å²) >= 11 is 0. The number of nitrogens with two attached hydrogens (primary N) is 1. The van der Waals surface area contributed by atoms with Crippen molar-refractivity contribution in [3.05, 3.63) is 57.3 Å². The zero-order valence-corrected chi connectivity index (χ0v) is 11.4. The number of carbonyl (C=O) groups excluding carboxylic acids is 1. The zero-order chi connectivity index (χ0) is 14.8. The summed E-state index contributed by atoms with van der Waals surface area (Å²) in [6, 6.07) is 5.37. The number of aromatic nitrogens is 3. The molecule has 21 heavy (non-hydrogen) atoms. The molecule has 3 heterocycles. The Morgan fingerprint density at radius 3 is 3.05 bits per heavy atom. The van der Waals surface area contributed by atoms with Crippen molar-refractivity contribution >= 4 is 5.91 Å². The highest BCUT2D eigenvalue weighted by Crippen LogP contribution is 2.18. The van der Waals surface area contributed by atoms with Gasteiger partial charge in [0.25, 0.3) is 11.5 Å². The number of H-pyrrole nitrogens is 1. The number of nitrogens with one attached hydrogen (secondary N) is 1. The summed E-state index contributed by atoms with van der Waals surface area (Å²) in [4.78, 5) is 27.9. The first-order chi connectivity index (χ1) is 10.1. The molecule has 3 rings (SSSR count). The van der Waals surface area contributed by atoms with Gasteiger partial charge in [-0.3, -0.25) is 14.5 Å². The SMILES string of the molecule is NC(=O)c1cc2c([nH]c1=O)CCN(Cc1cccnn1)C2. The van der Waals surface area contributed by atoms with Gasteiger partial charge in [-0.1, -0.05) is 0 Å². The summed E-state index contributed by atoms with van der Waals surface area (Å²) in [6.45, 7) is 2.14. The second-order valence-corrected chi connectivity index (χ2v) is 5.06. The number of amides is 1. The van der Waals surface area contributed by atoms with Crippen LogP contribution in [0.25, 0.3) is 0 Å². The largest absolute Gasteiger partial charge is 0.365 e. The minimum atomic E-state index is -0.704. The average Bonchev–Trinajstić information content (AvgIpc) is 2.47. The number of fused-ring (bicyclic) bond motifs is 1. The Morgan fingerprint density at radius 1 is 1.48 bits per heavy atom. The Hall–Kier alpha value is -2.54. The zero-order valence-electron chi connectivity index (χ0n) is 11.4. The lowest BCUT2D eigenvalue weighted by atomic mass is 10.0. The summed E-state index contributed by atoms with van der Waals surface area (Å²) in [7, 11) is 0. The van der Waals surface area contributed by atoms with Gasteiger partial charge in [0.05, 0.1) is 5.69 Å². The molecule has 0 aliphatic carbocycles. The lowest BCUT2D eigenvalue weighted by Crippen LogP contribution is -2.34. The van der Waals surface area contributed by atoms with Crippen molar-refractivity contribution in [3.8, 4) is 0 Å². The molecule has 0 saturated heterocycles. The maximum absolute atomic E-state index is 11.7. The fourth-order valence-corrected chi connectivity index (χ4v) is 2.53. The van der Waals surface area contributed by atoms with E-state index in [0.717, 1.165) is 29.9 Å². The molecule has 0 saturated carbocycles. The lowest BCUT2D eigenvalue weighted by Gasteiger charge is -2.28. The van der Waals surface area contributed by atoms with Gasteiger partial charge >= 0.3 is 0 Å². The molecule has 7 nitrogen and oxygen atoms in total. The molecule has 7 heteroatoms. The number of hydrogen-bond donors (Lipinski definition) is 2. The van der Waals surface area contributed by atoms with Crippen molar-refractivity contribution in [2.45, 2.75) is 19.5 Å². The summed E-state index contributed by atoms with van der Waals surface area (Å²) < 4.78 is 0. The van der Waals surface area contributed by atoms with Crippen LogP contribution in [0.15, 0.2) is 29.2 Å². The minimum Gasteiger partial charge on any atom is -0.365 e. The molecule has 0 unspecified atom stereocenters. The third kappa shape index (κ3) is 2.82. The molecular weight excluding hydrogens is 270 g/mol. The Bertz CT molecular complexity index is 726. The monoisotopic (exact) mass is 285 g/mol. The van der Waals surface area contributed by atoms with E-state index in [-0.39, 0.29) is 5.56 Å². The first-order valence-electron chi connectivity index (χ1n) is 6.67. The molecule has 0 bridgehead atoms. The van der Waals surface area contributed by atoms with Gasteiger partial charge in [0, 0.05) is 37.9 Å². The molecule has 0 atom stereocenters. The average molecular weight is 285 g/mol. The second-order valence-electron chi connectivity index (χ2n) is 5.06. The molecule has 0 aromatic carbocycles. The predicted molar refractivity (Wildman–Crippen MR) is 75.4 cm³/mol. The van der Waals surface area contributed by atoms with Crippen molar-refractivity contribution in [1.82, 2.24) is 20.1 Å². The summed E-state index contributed by atoms with van der Waals surface area (Å²) in [5, 5.41) is 7.92. The fraction of sp³-hybridized carbons (Fsp3) is 0.286. The van der Waals surface area contributed by atoms with Gasteiger partial charge in [0.1, 0.15) is 5.56 Å². The number of carbonyl (C=O) groups is 1. The molecule has 2 aromatic heterocycles. The van der Waals surface area contributed by atoms with Gasteiger partial charge in [0.15, 0.2) is 0 Å². The Balaban J connectivity index is 1.83. The van der Waals surface area contributed by atoms with E-state index in [9.17, 15) is 9.59 Å². The molecule has 3 N–H and O–H groups in total. The number of hydrogen-bond acceptors (Lipinski definition) is 5. The van der Waals surface area contributed by atoms with Crippen LogP contribution in [-0.2, 0) is 19.5 Å². The third-order valence-corrected chi connectivity index (χ3v) is 3.57. The molecule has 0 spiro atoms. The number of rotatable bonds is 3. The van der Waals surface area contributed by atoms with E-state index in [1.807, 2.05) is 12.1 Å². The summed E-state index contributed by atoms with van der Waals surface area (Å²) in [6.07, 6.45) is 2.36. The quantitative estimate of drug-likeness (QED) is 0.814. The highest BCUT2D eigenvalue weighted by Gasteiger charge is 2.20. The number of primary amides is 1. The Labute approximate surface area is 120 Å². The first-order valence-corrected chi connectivity index (χ1v) is 6.67. The molecule has 1 aliphatic heterocycles. The number of nitrogens with zero attached hydrogens (tertiary/aromatic N) is 3. The van der Waals surface area contributed by atoms with Crippen molar-refractivity contribution < 1.29 is 4.79 Å². The van der Waals surface area contributed by atoms with Crippen LogP contribution < -0.4 is 11.3 Å². The molecule has 0 radical (unpaired) electrons. The maximum atomic E-state index is 11.7. The van der Waals surface area contributed by atoms with Crippen molar-refractivity contribution in [1.29, 1.82) is 0 Å². The third-order valence-electron chi connectivity index (χ3n) is 3.57. The van der Waals surface area contributed by atoms with Crippen molar-refractivity contribution in [3.63, 3.8) is 0 Å². The Kier molecular flexibility index (Phi) is 3.49. The van der Waals surface area contributed by atoms with Crippen molar-refractivity contribution in [2.75, 3.05) is 6.54 Å². The second kappa shape index (κ2) is 5.45. The van der Waals surface area contributed by atoms with E-state index in [2.05, 4.69) is 20.1 Å². The standard InChI is InChI=1S/C14H15N5O2/c15-13(20)11-6-9-7-19(5-3-12(9)17-14(11)21)8-10-2-1-4-16-18-10/h1-2,4,6H,3,5,7-8H2,(H2,15,20)(H,17,21). The van der Waals surface area contributed by atoms with E-state index in [1.54, 1.807) is 12.3 Å². The highest BCUT2D eigenvalue weighted by molar-refractivity contribution is 5.92. The molecule has 108 valence electrons. The van der Waals surface area contributed by atoms with Gasteiger partial charge in [-0.15, -0.1) is 0 Å². The van der Waals surface area contributed by atoms with Crippen LogP contribution >= 0.6 is 0 Å². The van der Waals surface area contributed by atoms with E-state index in [4.69, 9.17) is 5.73 Å². The minimum absolute atomic E-state index is 0.00935. The maximum Gasteiger partial charge on any atom is 0.261 e. The fourth-order valence-electron chi connectivity index (χ4n) is 2.53. The van der Waals surface area contributed by atoms with Crippen LogP contribution in [0.2, 0.25) is 0 Å². The lowest BCUT2D eigenvalue weighted by molar-refractivity contribution is 0.0998. The van der Waals surface area contributed by atoms with Crippen LogP contribution in [0.1, 0.15) is 27.3 Å². The Morgan fingerprint density at radius 2 is 2.33 bits per heavy atom. The summed E-state index contributed by atoms with van der Waals surface area (Å²) in [5.41, 5.74) is 7.51. The highest BCUT2D eigenvalue weighted by atomic mass is 16.2. The van der Waals surface area contributed by atoms with E-state index < -0.39 is 11.5 Å². The van der Waals surface area contributed by atoms with Gasteiger partial charge < -0.3 is 10.7 Å². The molecule has 2 aromatic rings. The number of pyridine rings is 1. The molecule has 1 aliphatic rings. The van der Waals surface area contributed by atoms with E-state index in [0.29, 0.717) is 13.1 Å². The van der Waals surface area contributed by atoms with Gasteiger partial charge in [-0.25, -0.2) is 0 Å². The van der Waals surface area contributed by atoms with Crippen LogP contribution in [0.4, 0.5) is 0 Å². The smallest absolute Gasteiger partial charge is 0.261 e. The summed E-state index contributed by atoms with van der Waals surface area (Å²) in [5.74, 6) is -0.704. The van der Waals surface area contributed by atoms with Gasteiger partial charge in [-0.05, 0) is 23.8 Å². The van der Waals surface area contributed by atoms with Gasteiger partial charge in [-0.2, -0.15) is 10.2 Å². The molecule has 1 amide bonds. The van der Waals surface area contributed by atoms with Gasteiger partial charge in [0.2, 0.25) is 0 Å². The normalized spacial score (nSPS) is 14.7. The number of aromatic amines is 1.